The van der Waals surface area contributed by atoms with Gasteiger partial charge >= 0.3 is 5.97 Å². The van der Waals surface area contributed by atoms with Crippen molar-refractivity contribution in [1.82, 2.24) is 0 Å². The van der Waals surface area contributed by atoms with Crippen LogP contribution in [0.5, 0.6) is 0 Å². The third-order valence-electron chi connectivity index (χ3n) is 3.63. The molecule has 0 heterocycles. The van der Waals surface area contributed by atoms with E-state index in [-0.39, 0.29) is 17.8 Å². The normalized spacial score (nSPS) is 14.7. The number of ether oxygens (including phenoxy) is 1. The summed E-state index contributed by atoms with van der Waals surface area (Å²) in [6, 6.07) is 9.95. The molecular weight excluding hydrogens is 250 g/mol. The summed E-state index contributed by atoms with van der Waals surface area (Å²) in [4.78, 5) is 12.4. The van der Waals surface area contributed by atoms with E-state index in [0.717, 1.165) is 23.0 Å². The maximum Gasteiger partial charge on any atom is 0.313 e. The van der Waals surface area contributed by atoms with Gasteiger partial charge in [0.2, 0.25) is 0 Å². The highest BCUT2D eigenvalue weighted by Gasteiger charge is 2.27. The zero-order valence-electron chi connectivity index (χ0n) is 13.4. The van der Waals surface area contributed by atoms with Crippen LogP contribution in [0.3, 0.4) is 0 Å². The minimum Gasteiger partial charge on any atom is -0.459 e. The standard InChI is InChI=1S/C17H28NO2/c1-6-14(2)16(15-10-8-7-9-11-15)17(19)20-13-12-18(3,4)5/h7-11,14,16H,6,12-13H2,1-5H3/q+1. The molecule has 0 N–H and O–H groups in total. The van der Waals surface area contributed by atoms with Gasteiger partial charge in [-0.05, 0) is 11.5 Å². The second-order valence-corrected chi connectivity index (χ2v) is 6.46. The summed E-state index contributed by atoms with van der Waals surface area (Å²) >= 11 is 0. The van der Waals surface area contributed by atoms with Gasteiger partial charge in [-0.3, -0.25) is 4.79 Å². The van der Waals surface area contributed by atoms with Crippen LogP contribution in [-0.4, -0.2) is 44.7 Å². The van der Waals surface area contributed by atoms with E-state index >= 15 is 0 Å². The van der Waals surface area contributed by atoms with E-state index in [9.17, 15) is 4.79 Å². The van der Waals surface area contributed by atoms with Crippen molar-refractivity contribution in [3.63, 3.8) is 0 Å². The Hall–Kier alpha value is -1.35. The van der Waals surface area contributed by atoms with Crippen molar-refractivity contribution in [3.05, 3.63) is 35.9 Å². The van der Waals surface area contributed by atoms with Crippen molar-refractivity contribution in [3.8, 4) is 0 Å². The first-order valence-corrected chi connectivity index (χ1v) is 7.37. The van der Waals surface area contributed by atoms with Crippen LogP contribution in [-0.2, 0) is 9.53 Å². The quantitative estimate of drug-likeness (QED) is 0.566. The molecule has 0 fully saturated rings. The van der Waals surface area contributed by atoms with Crippen molar-refractivity contribution < 1.29 is 14.0 Å². The molecule has 2 unspecified atom stereocenters. The topological polar surface area (TPSA) is 26.3 Å². The van der Waals surface area contributed by atoms with Crippen LogP contribution >= 0.6 is 0 Å². The number of carbonyl (C=O) groups is 1. The van der Waals surface area contributed by atoms with Gasteiger partial charge < -0.3 is 9.22 Å². The minimum absolute atomic E-state index is 0.0981. The summed E-state index contributed by atoms with van der Waals surface area (Å²) in [6.45, 7) is 5.52. The Morgan fingerprint density at radius 3 is 2.30 bits per heavy atom. The Kier molecular flexibility index (Phi) is 6.21. The van der Waals surface area contributed by atoms with E-state index in [1.54, 1.807) is 0 Å². The Labute approximate surface area is 123 Å². The molecule has 1 rings (SSSR count). The number of hydrogen-bond donors (Lipinski definition) is 0. The molecule has 3 heteroatoms. The summed E-state index contributed by atoms with van der Waals surface area (Å²) in [5, 5.41) is 0. The molecule has 0 amide bonds. The van der Waals surface area contributed by atoms with Crippen LogP contribution in [0.25, 0.3) is 0 Å². The van der Waals surface area contributed by atoms with Crippen molar-refractivity contribution >= 4 is 5.97 Å². The lowest BCUT2D eigenvalue weighted by atomic mass is 9.86. The molecule has 1 aromatic carbocycles. The zero-order chi connectivity index (χ0) is 15.2. The number of nitrogens with zero attached hydrogens (tertiary/aromatic N) is 1. The summed E-state index contributed by atoms with van der Waals surface area (Å²) < 4.78 is 6.30. The van der Waals surface area contributed by atoms with Crippen molar-refractivity contribution in [2.24, 2.45) is 5.92 Å². The van der Waals surface area contributed by atoms with Gasteiger partial charge in [0.15, 0.2) is 0 Å². The van der Waals surface area contributed by atoms with Crippen LogP contribution in [0.1, 0.15) is 31.7 Å². The fourth-order valence-corrected chi connectivity index (χ4v) is 2.10. The molecule has 0 aliphatic heterocycles. The fourth-order valence-electron chi connectivity index (χ4n) is 2.10. The monoisotopic (exact) mass is 278 g/mol. The summed E-state index contributed by atoms with van der Waals surface area (Å²) in [5.41, 5.74) is 1.05. The van der Waals surface area contributed by atoms with Crippen LogP contribution < -0.4 is 0 Å². The van der Waals surface area contributed by atoms with Gasteiger partial charge in [-0.15, -0.1) is 0 Å². The molecule has 0 saturated heterocycles. The number of likely N-dealkylation sites (N-methyl/N-ethyl adjacent to an activating group) is 1. The van der Waals surface area contributed by atoms with Crippen molar-refractivity contribution in [2.45, 2.75) is 26.2 Å². The van der Waals surface area contributed by atoms with E-state index in [4.69, 9.17) is 4.74 Å². The molecule has 2 atom stereocenters. The second-order valence-electron chi connectivity index (χ2n) is 6.46. The van der Waals surface area contributed by atoms with E-state index in [2.05, 4.69) is 35.0 Å². The molecular formula is C17H28NO2+. The lowest BCUT2D eigenvalue weighted by Gasteiger charge is -2.25. The molecule has 1 aromatic rings. The molecule has 0 bridgehead atoms. The fraction of sp³-hybridized carbons (Fsp3) is 0.588. The number of carbonyl (C=O) groups excluding carboxylic acids is 1. The molecule has 20 heavy (non-hydrogen) atoms. The second kappa shape index (κ2) is 7.44. The number of quaternary nitrogens is 1. The predicted molar refractivity (Wildman–Crippen MR) is 82.5 cm³/mol. The van der Waals surface area contributed by atoms with Gasteiger partial charge in [0.25, 0.3) is 0 Å². The SMILES string of the molecule is CCC(C)C(C(=O)OCC[N+](C)(C)C)c1ccccc1. The summed E-state index contributed by atoms with van der Waals surface area (Å²) in [6.07, 6.45) is 0.962. The van der Waals surface area contributed by atoms with Crippen LogP contribution in [0, 0.1) is 5.92 Å². The number of hydrogen-bond acceptors (Lipinski definition) is 2. The van der Waals surface area contributed by atoms with Crippen molar-refractivity contribution in [1.29, 1.82) is 0 Å². The third kappa shape index (κ3) is 5.33. The van der Waals surface area contributed by atoms with Gasteiger partial charge in [0.05, 0.1) is 27.1 Å². The van der Waals surface area contributed by atoms with Gasteiger partial charge in [-0.1, -0.05) is 50.6 Å². The van der Waals surface area contributed by atoms with E-state index < -0.39 is 0 Å². The molecule has 0 radical (unpaired) electrons. The lowest BCUT2D eigenvalue weighted by molar-refractivity contribution is -0.870. The van der Waals surface area contributed by atoms with Gasteiger partial charge in [0.1, 0.15) is 13.2 Å². The molecule has 0 saturated carbocycles. The first-order chi connectivity index (χ1) is 9.35. The Bertz CT molecular complexity index is 409. The zero-order valence-corrected chi connectivity index (χ0v) is 13.4. The highest BCUT2D eigenvalue weighted by Crippen LogP contribution is 2.28. The molecule has 0 aliphatic carbocycles. The first kappa shape index (κ1) is 16.7. The van der Waals surface area contributed by atoms with E-state index in [1.165, 1.54) is 0 Å². The largest absolute Gasteiger partial charge is 0.459 e. The summed E-state index contributed by atoms with van der Waals surface area (Å²) in [7, 11) is 6.28. The maximum atomic E-state index is 12.4. The highest BCUT2D eigenvalue weighted by molar-refractivity contribution is 5.78. The van der Waals surface area contributed by atoms with Crippen LogP contribution in [0.15, 0.2) is 30.3 Å². The number of rotatable bonds is 7. The van der Waals surface area contributed by atoms with E-state index in [1.807, 2.05) is 30.3 Å². The predicted octanol–water partition coefficient (Wildman–Crippen LogP) is 3.07. The number of benzene rings is 1. The molecule has 0 aromatic heterocycles. The van der Waals surface area contributed by atoms with Crippen LogP contribution in [0.4, 0.5) is 0 Å². The van der Waals surface area contributed by atoms with Gasteiger partial charge in [-0.25, -0.2) is 0 Å². The smallest absolute Gasteiger partial charge is 0.313 e. The van der Waals surface area contributed by atoms with Gasteiger partial charge in [0, 0.05) is 0 Å². The van der Waals surface area contributed by atoms with E-state index in [0.29, 0.717) is 6.61 Å². The first-order valence-electron chi connectivity index (χ1n) is 7.37. The number of esters is 1. The molecule has 112 valence electrons. The van der Waals surface area contributed by atoms with Crippen molar-refractivity contribution in [2.75, 3.05) is 34.3 Å². The Balaban J connectivity index is 2.72. The minimum atomic E-state index is -0.159. The highest BCUT2D eigenvalue weighted by atomic mass is 16.5. The molecule has 0 aliphatic rings. The molecule has 0 spiro atoms. The average Bonchev–Trinajstić information content (AvgIpc) is 2.38. The molecule has 3 nitrogen and oxygen atoms in total. The van der Waals surface area contributed by atoms with Gasteiger partial charge in [-0.2, -0.15) is 0 Å². The summed E-state index contributed by atoms with van der Waals surface area (Å²) in [5.74, 6) is 0.0293. The lowest BCUT2D eigenvalue weighted by Crippen LogP contribution is -2.38. The average molecular weight is 278 g/mol. The Morgan fingerprint density at radius 2 is 1.80 bits per heavy atom. The Morgan fingerprint density at radius 1 is 1.20 bits per heavy atom. The third-order valence-corrected chi connectivity index (χ3v) is 3.63. The van der Waals surface area contributed by atoms with Crippen LogP contribution in [0.2, 0.25) is 0 Å². The maximum absolute atomic E-state index is 12.4.